The Labute approximate surface area is 52.1 Å². The molecule has 9 heavy (non-hydrogen) atoms. The normalized spacial score (nSPS) is 10.8. The first kappa shape index (κ1) is 8.35. The van der Waals surface area contributed by atoms with E-state index in [0.717, 1.165) is 4.90 Å². The van der Waals surface area contributed by atoms with Crippen molar-refractivity contribution in [3.05, 3.63) is 0 Å². The number of carboxylic acids is 1. The second-order valence-electron chi connectivity index (χ2n) is 1.66. The predicted molar refractivity (Wildman–Crippen MR) is 28.5 cm³/mol. The second kappa shape index (κ2) is 3.39. The molecule has 0 spiro atoms. The number of nitrogens with zero attached hydrogens (tertiary/aromatic N) is 1. The van der Waals surface area contributed by atoms with Crippen molar-refractivity contribution in [2.75, 3.05) is 13.6 Å². The Morgan fingerprint density at radius 3 is 2.22 bits per heavy atom. The van der Waals surface area contributed by atoms with E-state index >= 15 is 0 Å². The molecule has 3 N–H and O–H groups in total. The van der Waals surface area contributed by atoms with Crippen molar-refractivity contribution in [2.45, 2.75) is 6.41 Å². The van der Waals surface area contributed by atoms with Crippen molar-refractivity contribution in [2.24, 2.45) is 0 Å². The minimum absolute atomic E-state index is 0.377. The van der Waals surface area contributed by atoms with E-state index in [1.54, 1.807) is 0 Å². The number of likely N-dealkylation sites (N-methyl/N-ethyl adjacent to an activating group) is 1. The highest BCUT2D eigenvalue weighted by atomic mass is 16.5. The van der Waals surface area contributed by atoms with Gasteiger partial charge in [0.25, 0.3) is 0 Å². The largest absolute Gasteiger partial charge is 0.480 e. The molecule has 0 radical (unpaired) electrons. The van der Waals surface area contributed by atoms with Gasteiger partial charge < -0.3 is 15.3 Å². The molecule has 0 atom stereocenters. The Morgan fingerprint density at radius 1 is 1.67 bits per heavy atom. The van der Waals surface area contributed by atoms with E-state index in [2.05, 4.69) is 0 Å². The Hall–Kier alpha value is -0.650. The number of rotatable bonds is 3. The number of aliphatic hydroxyl groups excluding tert-OH is 1. The molecular formula is C4H9NO4. The number of hydrogen-bond acceptors (Lipinski definition) is 4. The predicted octanol–water partition coefficient (Wildman–Crippen LogP) is -1.73. The maximum Gasteiger partial charge on any atom is 0.317 e. The topological polar surface area (TPSA) is 81.0 Å². The second-order valence-corrected chi connectivity index (χ2v) is 1.66. The van der Waals surface area contributed by atoms with Gasteiger partial charge >= 0.3 is 5.97 Å². The smallest absolute Gasteiger partial charge is 0.317 e. The molecule has 0 saturated heterocycles. The van der Waals surface area contributed by atoms with Crippen molar-refractivity contribution in [1.82, 2.24) is 4.90 Å². The Bertz CT molecular complexity index is 103. The highest BCUT2D eigenvalue weighted by Gasteiger charge is 2.09. The summed E-state index contributed by atoms with van der Waals surface area (Å²) in [5.74, 6) is -1.09. The molecule has 0 bridgehead atoms. The molecule has 0 heterocycles. The summed E-state index contributed by atoms with van der Waals surface area (Å²) < 4.78 is 0. The van der Waals surface area contributed by atoms with Gasteiger partial charge in [-0.15, -0.1) is 0 Å². The zero-order valence-corrected chi connectivity index (χ0v) is 4.98. The molecule has 0 saturated carbocycles. The van der Waals surface area contributed by atoms with E-state index in [9.17, 15) is 4.79 Å². The molecule has 0 aliphatic rings. The molecule has 0 aromatic carbocycles. The lowest BCUT2D eigenvalue weighted by atomic mass is 10.6. The average molecular weight is 135 g/mol. The lowest BCUT2D eigenvalue weighted by Gasteiger charge is -2.14. The van der Waals surface area contributed by atoms with E-state index < -0.39 is 12.4 Å². The third-order valence-corrected chi connectivity index (χ3v) is 0.779. The summed E-state index contributed by atoms with van der Waals surface area (Å²) in [6.45, 7) is -0.377. The van der Waals surface area contributed by atoms with Crippen LogP contribution in [0.5, 0.6) is 0 Å². The van der Waals surface area contributed by atoms with Crippen LogP contribution in [0.2, 0.25) is 0 Å². The first-order chi connectivity index (χ1) is 4.04. The lowest BCUT2D eigenvalue weighted by molar-refractivity contribution is -0.162. The minimum atomic E-state index is -1.69. The summed E-state index contributed by atoms with van der Waals surface area (Å²) in [5, 5.41) is 24.6. The van der Waals surface area contributed by atoms with Crippen LogP contribution in [0.1, 0.15) is 0 Å². The van der Waals surface area contributed by atoms with E-state index in [4.69, 9.17) is 15.3 Å². The number of aliphatic carboxylic acids is 1. The van der Waals surface area contributed by atoms with E-state index in [1.165, 1.54) is 7.05 Å². The van der Waals surface area contributed by atoms with E-state index in [1.807, 2.05) is 0 Å². The van der Waals surface area contributed by atoms with E-state index in [0.29, 0.717) is 0 Å². The number of aliphatic hydroxyl groups is 2. The standard InChI is InChI=1S/C4H9NO4/c1-5(4(8)9)2-3(6)7/h4,8-9H,2H2,1H3,(H,6,7). The fourth-order valence-corrected chi connectivity index (χ4v) is 0.295. The van der Waals surface area contributed by atoms with Crippen LogP contribution in [-0.2, 0) is 4.79 Å². The summed E-state index contributed by atoms with van der Waals surface area (Å²) in [7, 11) is 1.29. The van der Waals surface area contributed by atoms with Crippen LogP contribution in [0.15, 0.2) is 0 Å². The summed E-state index contributed by atoms with van der Waals surface area (Å²) in [6.07, 6.45) is -1.69. The van der Waals surface area contributed by atoms with Crippen molar-refractivity contribution in [1.29, 1.82) is 0 Å². The molecule has 0 rings (SSSR count). The fraction of sp³-hybridized carbons (Fsp3) is 0.750. The van der Waals surface area contributed by atoms with Crippen LogP contribution < -0.4 is 0 Å². The molecule has 0 aliphatic heterocycles. The molecule has 0 aromatic heterocycles. The maximum absolute atomic E-state index is 9.85. The van der Waals surface area contributed by atoms with Crippen LogP contribution in [0.3, 0.4) is 0 Å². The first-order valence-electron chi connectivity index (χ1n) is 2.32. The average Bonchev–Trinajstić information content (AvgIpc) is 1.63. The van der Waals surface area contributed by atoms with Gasteiger partial charge in [0, 0.05) is 0 Å². The molecule has 0 amide bonds. The van der Waals surface area contributed by atoms with Crippen molar-refractivity contribution in [3.8, 4) is 0 Å². The van der Waals surface area contributed by atoms with Crippen LogP contribution >= 0.6 is 0 Å². The first-order valence-corrected chi connectivity index (χ1v) is 2.32. The van der Waals surface area contributed by atoms with Gasteiger partial charge in [-0.2, -0.15) is 0 Å². The van der Waals surface area contributed by atoms with Crippen molar-refractivity contribution < 1.29 is 20.1 Å². The molecule has 0 aromatic rings. The Morgan fingerprint density at radius 2 is 2.11 bits per heavy atom. The Kier molecular flexibility index (Phi) is 3.15. The van der Waals surface area contributed by atoms with Gasteiger partial charge in [-0.25, -0.2) is 4.90 Å². The summed E-state index contributed by atoms with van der Waals surface area (Å²) in [6, 6.07) is 0. The maximum atomic E-state index is 9.85. The van der Waals surface area contributed by atoms with E-state index in [-0.39, 0.29) is 6.54 Å². The summed E-state index contributed by atoms with van der Waals surface area (Å²) in [5.41, 5.74) is 0. The SMILES string of the molecule is CN(CC(=O)O)C(O)O. The molecule has 5 nitrogen and oxygen atoms in total. The molecule has 54 valence electrons. The van der Waals surface area contributed by atoms with Crippen LogP contribution in [-0.4, -0.2) is 46.2 Å². The van der Waals surface area contributed by atoms with Gasteiger partial charge in [-0.1, -0.05) is 0 Å². The van der Waals surface area contributed by atoms with Crippen LogP contribution in [0, 0.1) is 0 Å². The third kappa shape index (κ3) is 3.89. The van der Waals surface area contributed by atoms with Crippen molar-refractivity contribution in [3.63, 3.8) is 0 Å². The quantitative estimate of drug-likeness (QED) is 0.401. The van der Waals surface area contributed by atoms with Crippen molar-refractivity contribution >= 4 is 5.97 Å². The minimum Gasteiger partial charge on any atom is -0.480 e. The summed E-state index contributed by atoms with van der Waals surface area (Å²) >= 11 is 0. The molecule has 0 unspecified atom stereocenters. The molecular weight excluding hydrogens is 126 g/mol. The Balaban J connectivity index is 3.50. The highest BCUT2D eigenvalue weighted by molar-refractivity contribution is 5.68. The van der Waals surface area contributed by atoms with Gasteiger partial charge in [0.15, 0.2) is 0 Å². The summed E-state index contributed by atoms with van der Waals surface area (Å²) in [4.78, 5) is 10.7. The number of carbonyl (C=O) groups is 1. The molecule has 5 heteroatoms. The van der Waals surface area contributed by atoms with Gasteiger partial charge in [-0.3, -0.25) is 4.79 Å². The highest BCUT2D eigenvalue weighted by Crippen LogP contribution is 1.84. The van der Waals surface area contributed by atoms with Gasteiger partial charge in [0.1, 0.15) is 6.54 Å². The van der Waals surface area contributed by atoms with Crippen LogP contribution in [0.25, 0.3) is 0 Å². The number of hydrogen-bond donors (Lipinski definition) is 3. The fourth-order valence-electron chi connectivity index (χ4n) is 0.295. The number of carboxylic acid groups (broad SMARTS) is 1. The third-order valence-electron chi connectivity index (χ3n) is 0.779. The molecule has 0 fully saturated rings. The van der Waals surface area contributed by atoms with Gasteiger partial charge in [0.05, 0.1) is 0 Å². The van der Waals surface area contributed by atoms with Gasteiger partial charge in [-0.05, 0) is 7.05 Å². The monoisotopic (exact) mass is 135 g/mol. The van der Waals surface area contributed by atoms with Gasteiger partial charge in [0.2, 0.25) is 6.41 Å². The zero-order chi connectivity index (χ0) is 7.44. The molecule has 0 aliphatic carbocycles. The van der Waals surface area contributed by atoms with Crippen LogP contribution in [0.4, 0.5) is 0 Å². The lowest BCUT2D eigenvalue weighted by Crippen LogP contribution is -2.35. The zero-order valence-electron chi connectivity index (χ0n) is 4.98.